The lowest BCUT2D eigenvalue weighted by Crippen LogP contribution is -1.82. The summed E-state index contributed by atoms with van der Waals surface area (Å²) in [5.41, 5.74) is 0.924. The van der Waals surface area contributed by atoms with E-state index in [9.17, 15) is 8.78 Å². The van der Waals surface area contributed by atoms with Crippen LogP contribution in [0.15, 0.2) is 30.3 Å². The molecule has 0 atom stereocenters. The van der Waals surface area contributed by atoms with Crippen molar-refractivity contribution in [2.45, 2.75) is 6.43 Å². The van der Waals surface area contributed by atoms with Gasteiger partial charge in [-0.1, -0.05) is 36.4 Å². The Morgan fingerprint density at radius 3 is 2.31 bits per heavy atom. The zero-order chi connectivity index (χ0) is 9.68. The number of hydrogen-bond acceptors (Lipinski definition) is 0. The number of rotatable bonds is 3. The Labute approximate surface area is 80.8 Å². The molecule has 0 amide bonds. The van der Waals surface area contributed by atoms with Crippen LogP contribution in [-0.2, 0) is 0 Å². The van der Waals surface area contributed by atoms with Gasteiger partial charge in [0.25, 0.3) is 6.43 Å². The zero-order valence-corrected chi connectivity index (χ0v) is 7.64. The summed E-state index contributed by atoms with van der Waals surface area (Å²) in [6.07, 6.45) is 1.16. The largest absolute Gasteiger partial charge is 0.263 e. The average molecular weight is 203 g/mol. The van der Waals surface area contributed by atoms with Gasteiger partial charge in [0.05, 0.1) is 0 Å². The van der Waals surface area contributed by atoms with Gasteiger partial charge in [-0.25, -0.2) is 8.78 Å². The van der Waals surface area contributed by atoms with Crippen molar-refractivity contribution in [1.82, 2.24) is 0 Å². The average Bonchev–Trinajstić information content (AvgIpc) is 2.15. The molecule has 70 valence electrons. The van der Waals surface area contributed by atoms with Crippen molar-refractivity contribution < 1.29 is 8.78 Å². The molecule has 0 fully saturated rings. The summed E-state index contributed by atoms with van der Waals surface area (Å²) in [5.74, 6) is 0.427. The van der Waals surface area contributed by atoms with E-state index in [1.54, 1.807) is 24.3 Å². The number of benzene rings is 1. The Kier molecular flexibility index (Phi) is 3.90. The summed E-state index contributed by atoms with van der Waals surface area (Å²) in [4.78, 5) is 0. The summed E-state index contributed by atoms with van der Waals surface area (Å²) < 4.78 is 24.2. The van der Waals surface area contributed by atoms with Crippen LogP contribution in [0.25, 0.3) is 6.08 Å². The quantitative estimate of drug-likeness (QED) is 0.653. The molecule has 0 saturated heterocycles. The molecule has 0 heterocycles. The van der Waals surface area contributed by atoms with Crippen LogP contribution in [0.3, 0.4) is 0 Å². The van der Waals surface area contributed by atoms with Crippen LogP contribution < -0.4 is 0 Å². The Bertz CT molecular complexity index is 277. The van der Waals surface area contributed by atoms with E-state index in [4.69, 9.17) is 11.6 Å². The van der Waals surface area contributed by atoms with Crippen LogP contribution in [0.5, 0.6) is 0 Å². The van der Waals surface area contributed by atoms with Crippen LogP contribution in [0.1, 0.15) is 17.6 Å². The van der Waals surface area contributed by atoms with Gasteiger partial charge < -0.3 is 0 Å². The van der Waals surface area contributed by atoms with Crippen molar-refractivity contribution in [3.8, 4) is 0 Å². The fourth-order valence-electron chi connectivity index (χ4n) is 0.933. The highest BCUT2D eigenvalue weighted by molar-refractivity contribution is 6.19. The van der Waals surface area contributed by atoms with Crippen LogP contribution in [0.4, 0.5) is 8.78 Å². The fourth-order valence-corrected chi connectivity index (χ4v) is 1.02. The molecule has 0 aliphatic carbocycles. The van der Waals surface area contributed by atoms with E-state index in [0.29, 0.717) is 5.88 Å². The molecule has 0 aromatic heterocycles. The van der Waals surface area contributed by atoms with Crippen molar-refractivity contribution in [3.63, 3.8) is 0 Å². The van der Waals surface area contributed by atoms with Gasteiger partial charge in [-0.2, -0.15) is 0 Å². The van der Waals surface area contributed by atoms with Gasteiger partial charge in [0.15, 0.2) is 0 Å². The lowest BCUT2D eigenvalue weighted by molar-refractivity contribution is 0.151. The minimum Gasteiger partial charge on any atom is -0.205 e. The minimum absolute atomic E-state index is 0.0445. The van der Waals surface area contributed by atoms with E-state index >= 15 is 0 Å². The highest BCUT2D eigenvalue weighted by Crippen LogP contribution is 2.18. The second kappa shape index (κ2) is 4.97. The normalized spacial score (nSPS) is 11.4. The standard InChI is InChI=1S/C10H9ClF2/c11-7-1-2-8-3-5-9(6-4-8)10(12)13/h1-6,10H,7H2. The van der Waals surface area contributed by atoms with Crippen molar-refractivity contribution in [2.75, 3.05) is 5.88 Å². The maximum Gasteiger partial charge on any atom is 0.263 e. The molecule has 0 N–H and O–H groups in total. The monoisotopic (exact) mass is 202 g/mol. The SMILES string of the molecule is FC(F)c1ccc(C=CCCl)cc1. The fraction of sp³-hybridized carbons (Fsp3) is 0.200. The molecule has 0 aliphatic rings. The highest BCUT2D eigenvalue weighted by Gasteiger charge is 2.04. The second-order valence-electron chi connectivity index (χ2n) is 2.52. The molecular formula is C10H9ClF2. The molecular weight excluding hydrogens is 194 g/mol. The first-order chi connectivity index (χ1) is 6.24. The first-order valence-corrected chi connectivity index (χ1v) is 4.38. The van der Waals surface area contributed by atoms with Gasteiger partial charge in [0.2, 0.25) is 0 Å². The topological polar surface area (TPSA) is 0 Å². The minimum atomic E-state index is -2.40. The maximum atomic E-state index is 12.1. The van der Waals surface area contributed by atoms with E-state index in [1.165, 1.54) is 12.1 Å². The van der Waals surface area contributed by atoms with Crippen molar-refractivity contribution >= 4 is 17.7 Å². The number of alkyl halides is 3. The second-order valence-corrected chi connectivity index (χ2v) is 2.83. The smallest absolute Gasteiger partial charge is 0.205 e. The highest BCUT2D eigenvalue weighted by atomic mass is 35.5. The Morgan fingerprint density at radius 2 is 1.85 bits per heavy atom. The number of allylic oxidation sites excluding steroid dienone is 1. The summed E-state index contributed by atoms with van der Waals surface area (Å²) >= 11 is 5.43. The van der Waals surface area contributed by atoms with E-state index in [0.717, 1.165) is 5.56 Å². The summed E-state index contributed by atoms with van der Waals surface area (Å²) in [6.45, 7) is 0. The molecule has 3 heteroatoms. The molecule has 1 aromatic rings. The summed E-state index contributed by atoms with van der Waals surface area (Å²) in [7, 11) is 0. The predicted molar refractivity (Wildman–Crippen MR) is 51.2 cm³/mol. The number of hydrogen-bond donors (Lipinski definition) is 0. The van der Waals surface area contributed by atoms with Crippen molar-refractivity contribution in [2.24, 2.45) is 0 Å². The van der Waals surface area contributed by atoms with Crippen LogP contribution >= 0.6 is 11.6 Å². The summed E-state index contributed by atoms with van der Waals surface area (Å²) in [6, 6.07) is 6.12. The van der Waals surface area contributed by atoms with Gasteiger partial charge in [0, 0.05) is 11.4 Å². The van der Waals surface area contributed by atoms with Gasteiger partial charge in [-0.15, -0.1) is 11.6 Å². The van der Waals surface area contributed by atoms with Crippen molar-refractivity contribution in [3.05, 3.63) is 41.5 Å². The third-order valence-corrected chi connectivity index (χ3v) is 1.77. The van der Waals surface area contributed by atoms with E-state index in [-0.39, 0.29) is 5.56 Å². The van der Waals surface area contributed by atoms with E-state index in [2.05, 4.69) is 0 Å². The molecule has 0 radical (unpaired) electrons. The van der Waals surface area contributed by atoms with Gasteiger partial charge in [0.1, 0.15) is 0 Å². The molecule has 0 bridgehead atoms. The maximum absolute atomic E-state index is 12.1. The summed E-state index contributed by atoms with van der Waals surface area (Å²) in [5, 5.41) is 0. The third kappa shape index (κ3) is 3.15. The molecule has 1 aromatic carbocycles. The van der Waals surface area contributed by atoms with E-state index in [1.807, 2.05) is 0 Å². The van der Waals surface area contributed by atoms with Gasteiger partial charge in [-0.05, 0) is 5.56 Å². The zero-order valence-electron chi connectivity index (χ0n) is 6.88. The first-order valence-electron chi connectivity index (χ1n) is 3.84. The molecule has 0 saturated carbocycles. The Hall–Kier alpha value is -0.890. The molecule has 0 aliphatic heterocycles. The van der Waals surface area contributed by atoms with E-state index < -0.39 is 6.43 Å². The van der Waals surface area contributed by atoms with Crippen LogP contribution in [0, 0.1) is 0 Å². The lowest BCUT2D eigenvalue weighted by Gasteiger charge is -1.98. The van der Waals surface area contributed by atoms with Gasteiger partial charge >= 0.3 is 0 Å². The Balaban J connectivity index is 2.75. The van der Waals surface area contributed by atoms with Crippen LogP contribution in [0.2, 0.25) is 0 Å². The predicted octanol–water partition coefficient (Wildman–Crippen LogP) is 3.88. The molecule has 1 rings (SSSR count). The van der Waals surface area contributed by atoms with Crippen molar-refractivity contribution in [1.29, 1.82) is 0 Å². The molecule has 0 nitrogen and oxygen atoms in total. The molecule has 0 spiro atoms. The third-order valence-electron chi connectivity index (χ3n) is 1.59. The van der Waals surface area contributed by atoms with Crippen LogP contribution in [-0.4, -0.2) is 5.88 Å². The molecule has 13 heavy (non-hydrogen) atoms. The molecule has 0 unspecified atom stereocenters. The lowest BCUT2D eigenvalue weighted by atomic mass is 10.1. The first kappa shape index (κ1) is 10.2. The van der Waals surface area contributed by atoms with Gasteiger partial charge in [-0.3, -0.25) is 0 Å². The Morgan fingerprint density at radius 1 is 1.23 bits per heavy atom. The number of halogens is 3.